The van der Waals surface area contributed by atoms with Crippen molar-refractivity contribution in [1.82, 2.24) is 9.80 Å². The van der Waals surface area contributed by atoms with Crippen molar-refractivity contribution in [2.24, 2.45) is 0 Å². The Kier molecular flexibility index (Phi) is 8.74. The second-order valence-corrected chi connectivity index (χ2v) is 9.24. The Hall–Kier alpha value is -1.46. The van der Waals surface area contributed by atoms with E-state index < -0.39 is 0 Å². The van der Waals surface area contributed by atoms with Gasteiger partial charge in [-0.05, 0) is 80.6 Å². The second-order valence-electron chi connectivity index (χ2n) is 8.43. The zero-order valence-electron chi connectivity index (χ0n) is 18.7. The van der Waals surface area contributed by atoms with Crippen LogP contribution in [0.3, 0.4) is 0 Å². The Labute approximate surface area is 207 Å². The number of carbonyl (C=O) groups excluding carboxylic acids is 1. The number of fused-ring (bicyclic) bond motifs is 1. The Balaban J connectivity index is 0.00000289. The number of carbonyl (C=O) groups is 1. The van der Waals surface area contributed by atoms with E-state index in [2.05, 4.69) is 22.8 Å². The third-order valence-corrected chi connectivity index (χ3v) is 7.45. The molecule has 0 N–H and O–H groups in total. The number of hydrogen-bond acceptors (Lipinski definition) is 3. The number of halogens is 3. The van der Waals surface area contributed by atoms with E-state index in [-0.39, 0.29) is 24.4 Å². The standard InChI is InChI=1S/C25H30Cl2N2O2.ClH/c1-3-29(24(30)16-17-9-11-20(26)21(27)15-17)25-19-7-6-8-23(31-2)18(19)10-12-22(25)28-13-4-5-14-28;/h6-9,11,15,22,25H,3-5,10,12-14,16H2,1-2H3;1H/t22-,25-;/m0./s1. The van der Waals surface area contributed by atoms with Gasteiger partial charge in [0.15, 0.2) is 0 Å². The van der Waals surface area contributed by atoms with E-state index in [1.54, 1.807) is 19.2 Å². The van der Waals surface area contributed by atoms with Crippen molar-refractivity contribution < 1.29 is 9.53 Å². The Morgan fingerprint density at radius 3 is 2.56 bits per heavy atom. The van der Waals surface area contributed by atoms with Gasteiger partial charge in [0.25, 0.3) is 0 Å². The molecule has 174 valence electrons. The van der Waals surface area contributed by atoms with E-state index in [1.165, 1.54) is 24.0 Å². The summed E-state index contributed by atoms with van der Waals surface area (Å²) in [6.45, 7) is 4.95. The molecule has 7 heteroatoms. The van der Waals surface area contributed by atoms with Gasteiger partial charge >= 0.3 is 0 Å². The van der Waals surface area contributed by atoms with Crippen molar-refractivity contribution in [3.63, 3.8) is 0 Å². The first-order chi connectivity index (χ1) is 15.0. The molecule has 0 unspecified atom stereocenters. The lowest BCUT2D eigenvalue weighted by Gasteiger charge is -2.45. The highest BCUT2D eigenvalue weighted by molar-refractivity contribution is 6.42. The summed E-state index contributed by atoms with van der Waals surface area (Å²) in [6.07, 6.45) is 4.80. The lowest BCUT2D eigenvalue weighted by molar-refractivity contribution is -0.134. The van der Waals surface area contributed by atoms with Gasteiger partial charge < -0.3 is 9.64 Å². The molecule has 2 aromatic carbocycles. The van der Waals surface area contributed by atoms with Crippen molar-refractivity contribution in [3.05, 3.63) is 63.1 Å². The number of nitrogens with zero attached hydrogens (tertiary/aromatic N) is 2. The largest absolute Gasteiger partial charge is 0.496 e. The topological polar surface area (TPSA) is 32.8 Å². The maximum absolute atomic E-state index is 13.6. The highest BCUT2D eigenvalue weighted by Crippen LogP contribution is 2.42. The summed E-state index contributed by atoms with van der Waals surface area (Å²) in [5.41, 5.74) is 3.36. The van der Waals surface area contributed by atoms with Gasteiger partial charge in [0.05, 0.1) is 29.6 Å². The number of amides is 1. The van der Waals surface area contributed by atoms with Crippen molar-refractivity contribution >= 4 is 41.5 Å². The third-order valence-electron chi connectivity index (χ3n) is 6.71. The number of methoxy groups -OCH3 is 1. The first kappa shape index (κ1) is 25.2. The van der Waals surface area contributed by atoms with E-state index in [9.17, 15) is 4.79 Å². The molecule has 0 aromatic heterocycles. The average molecular weight is 498 g/mol. The SMILES string of the molecule is CCN(C(=O)Cc1ccc(Cl)c(Cl)c1)[C@H]1c2cccc(OC)c2CC[C@@H]1N1CCCC1.Cl. The summed E-state index contributed by atoms with van der Waals surface area (Å²) in [6, 6.07) is 12.1. The van der Waals surface area contributed by atoms with Crippen LogP contribution in [0.1, 0.15) is 48.9 Å². The fourth-order valence-corrected chi connectivity index (χ4v) is 5.58. The van der Waals surface area contributed by atoms with E-state index in [1.807, 2.05) is 18.2 Å². The molecule has 32 heavy (non-hydrogen) atoms. The number of rotatable bonds is 6. The van der Waals surface area contributed by atoms with E-state index in [4.69, 9.17) is 27.9 Å². The predicted octanol–water partition coefficient (Wildman–Crippen LogP) is 5.97. The fraction of sp³-hybridized carbons (Fsp3) is 0.480. The van der Waals surface area contributed by atoms with Gasteiger partial charge in [0.1, 0.15) is 5.75 Å². The first-order valence-electron chi connectivity index (χ1n) is 11.2. The molecule has 0 radical (unpaired) electrons. The molecule has 2 atom stereocenters. The maximum atomic E-state index is 13.6. The molecule has 2 aromatic rings. The molecular weight excluding hydrogens is 467 g/mol. The van der Waals surface area contributed by atoms with Crippen molar-refractivity contribution in [1.29, 1.82) is 0 Å². The third kappa shape index (κ3) is 5.04. The molecule has 4 rings (SSSR count). The van der Waals surface area contributed by atoms with Gasteiger partial charge in [0.2, 0.25) is 5.91 Å². The molecular formula is C25H31Cl3N2O2. The summed E-state index contributed by atoms with van der Waals surface area (Å²) < 4.78 is 5.67. The summed E-state index contributed by atoms with van der Waals surface area (Å²) >= 11 is 12.3. The predicted molar refractivity (Wildman–Crippen MR) is 133 cm³/mol. The number of likely N-dealkylation sites (N-methyl/N-ethyl adjacent to an activating group) is 1. The van der Waals surface area contributed by atoms with Crippen LogP contribution in [-0.2, 0) is 17.6 Å². The van der Waals surface area contributed by atoms with Crippen molar-refractivity contribution in [3.8, 4) is 5.75 Å². The molecule has 0 spiro atoms. The number of hydrogen-bond donors (Lipinski definition) is 0. The molecule has 1 amide bonds. The van der Waals surface area contributed by atoms with Crippen LogP contribution in [0.2, 0.25) is 10.0 Å². The van der Waals surface area contributed by atoms with Crippen LogP contribution in [0.15, 0.2) is 36.4 Å². The lowest BCUT2D eigenvalue weighted by atomic mass is 9.81. The number of ether oxygens (including phenoxy) is 1. The highest BCUT2D eigenvalue weighted by Gasteiger charge is 2.40. The molecule has 0 bridgehead atoms. The average Bonchev–Trinajstić information content (AvgIpc) is 3.31. The van der Waals surface area contributed by atoms with Crippen LogP contribution in [0.25, 0.3) is 0 Å². The molecule has 2 aliphatic rings. The fourth-order valence-electron chi connectivity index (χ4n) is 5.26. The Bertz CT molecular complexity index is 947. The van der Waals surface area contributed by atoms with Gasteiger partial charge in [-0.15, -0.1) is 12.4 Å². The summed E-state index contributed by atoms with van der Waals surface area (Å²) in [5.74, 6) is 1.04. The summed E-state index contributed by atoms with van der Waals surface area (Å²) in [4.78, 5) is 18.2. The molecule has 1 aliphatic heterocycles. The minimum Gasteiger partial charge on any atom is -0.496 e. The Morgan fingerprint density at radius 1 is 1.16 bits per heavy atom. The first-order valence-corrected chi connectivity index (χ1v) is 11.9. The molecule has 1 heterocycles. The zero-order chi connectivity index (χ0) is 22.0. The van der Waals surface area contributed by atoms with Gasteiger partial charge in [-0.25, -0.2) is 0 Å². The van der Waals surface area contributed by atoms with Crippen LogP contribution in [-0.4, -0.2) is 48.5 Å². The smallest absolute Gasteiger partial charge is 0.227 e. The minimum atomic E-state index is 0. The highest BCUT2D eigenvalue weighted by atomic mass is 35.5. The van der Waals surface area contributed by atoms with Gasteiger partial charge in [-0.2, -0.15) is 0 Å². The number of benzene rings is 2. The monoisotopic (exact) mass is 496 g/mol. The Morgan fingerprint density at radius 2 is 1.91 bits per heavy atom. The molecule has 1 fully saturated rings. The van der Waals surface area contributed by atoms with E-state index in [0.29, 0.717) is 29.1 Å². The minimum absolute atomic E-state index is 0. The number of likely N-dealkylation sites (tertiary alicyclic amines) is 1. The normalized spacial score (nSPS) is 20.4. The molecule has 1 saturated heterocycles. The van der Waals surface area contributed by atoms with Crippen LogP contribution in [0, 0.1) is 0 Å². The van der Waals surface area contributed by atoms with Crippen LogP contribution in [0.5, 0.6) is 5.75 Å². The molecule has 0 saturated carbocycles. The van der Waals surface area contributed by atoms with Gasteiger partial charge in [0, 0.05) is 12.6 Å². The van der Waals surface area contributed by atoms with Crippen LogP contribution >= 0.6 is 35.6 Å². The van der Waals surface area contributed by atoms with Crippen LogP contribution < -0.4 is 4.74 Å². The van der Waals surface area contributed by atoms with Gasteiger partial charge in [-0.1, -0.05) is 41.4 Å². The van der Waals surface area contributed by atoms with Crippen molar-refractivity contribution in [2.75, 3.05) is 26.7 Å². The second kappa shape index (κ2) is 11.1. The van der Waals surface area contributed by atoms with Crippen molar-refractivity contribution in [2.45, 2.75) is 51.1 Å². The van der Waals surface area contributed by atoms with Gasteiger partial charge in [-0.3, -0.25) is 9.69 Å². The zero-order valence-corrected chi connectivity index (χ0v) is 21.0. The van der Waals surface area contributed by atoms with Crippen LogP contribution in [0.4, 0.5) is 0 Å². The molecule has 1 aliphatic carbocycles. The maximum Gasteiger partial charge on any atom is 0.227 e. The lowest BCUT2D eigenvalue weighted by Crippen LogP contribution is -2.50. The summed E-state index contributed by atoms with van der Waals surface area (Å²) in [5, 5.41) is 0.991. The van der Waals surface area contributed by atoms with E-state index in [0.717, 1.165) is 37.2 Å². The summed E-state index contributed by atoms with van der Waals surface area (Å²) in [7, 11) is 1.73. The molecule has 4 nitrogen and oxygen atoms in total. The quantitative estimate of drug-likeness (QED) is 0.493. The van der Waals surface area contributed by atoms with E-state index >= 15 is 0 Å².